The van der Waals surface area contributed by atoms with Gasteiger partial charge in [-0.15, -0.1) is 0 Å². The predicted octanol–water partition coefficient (Wildman–Crippen LogP) is 5.11. The molecule has 0 saturated heterocycles. The molecule has 0 aromatic heterocycles. The van der Waals surface area contributed by atoms with Crippen LogP contribution in [0.2, 0.25) is 0 Å². The number of hydrogen-bond acceptors (Lipinski definition) is 1. The summed E-state index contributed by atoms with van der Waals surface area (Å²) < 4.78 is 5.18. The van der Waals surface area contributed by atoms with Gasteiger partial charge in [-0.05, 0) is 13.3 Å². The van der Waals surface area contributed by atoms with E-state index >= 15 is 0 Å². The van der Waals surface area contributed by atoms with Crippen LogP contribution in [0.4, 0.5) is 0 Å². The first-order valence-corrected chi connectivity index (χ1v) is 6.85. The van der Waals surface area contributed by atoms with Crippen LogP contribution >= 0.6 is 0 Å². The van der Waals surface area contributed by atoms with Crippen LogP contribution in [0, 0.1) is 6.61 Å². The molecule has 0 spiro atoms. The second-order valence-corrected chi connectivity index (χ2v) is 4.24. The third kappa shape index (κ3) is 14.0. The molecule has 0 saturated carbocycles. The molecule has 0 aliphatic rings. The molecule has 0 N–H and O–H groups in total. The fourth-order valence-electron chi connectivity index (χ4n) is 1.74. The molecule has 15 heavy (non-hydrogen) atoms. The van der Waals surface area contributed by atoms with Gasteiger partial charge in [-0.2, -0.15) is 0 Å². The van der Waals surface area contributed by atoms with Crippen LogP contribution in [0.25, 0.3) is 0 Å². The van der Waals surface area contributed by atoms with Gasteiger partial charge in [-0.3, -0.25) is 0 Å². The highest BCUT2D eigenvalue weighted by Gasteiger charge is 1.92. The van der Waals surface area contributed by atoms with Crippen LogP contribution in [0.1, 0.15) is 78.1 Å². The molecule has 91 valence electrons. The first-order chi connectivity index (χ1) is 7.41. The van der Waals surface area contributed by atoms with Crippen molar-refractivity contribution >= 4 is 0 Å². The van der Waals surface area contributed by atoms with Gasteiger partial charge in [0.25, 0.3) is 0 Å². The summed E-state index contributed by atoms with van der Waals surface area (Å²) in [5, 5.41) is 0. The normalized spacial score (nSPS) is 10.8. The van der Waals surface area contributed by atoms with E-state index in [1.54, 1.807) is 0 Å². The van der Waals surface area contributed by atoms with E-state index in [-0.39, 0.29) is 0 Å². The molecule has 0 aliphatic carbocycles. The van der Waals surface area contributed by atoms with Gasteiger partial charge in [-0.25, -0.2) is 0 Å². The summed E-state index contributed by atoms with van der Waals surface area (Å²) in [5.74, 6) is 0. The zero-order valence-corrected chi connectivity index (χ0v) is 10.8. The number of hydrogen-bond donors (Lipinski definition) is 0. The van der Waals surface area contributed by atoms with Crippen LogP contribution in [-0.4, -0.2) is 6.61 Å². The van der Waals surface area contributed by atoms with Crippen LogP contribution < -0.4 is 0 Å². The average Bonchev–Trinajstić information content (AvgIpc) is 2.26. The molecule has 0 bridgehead atoms. The van der Waals surface area contributed by atoms with Gasteiger partial charge in [0, 0.05) is 6.61 Å². The van der Waals surface area contributed by atoms with E-state index < -0.39 is 0 Å². The van der Waals surface area contributed by atoms with E-state index in [1.165, 1.54) is 57.8 Å². The molecular formula is C14H29O. The lowest BCUT2D eigenvalue weighted by Crippen LogP contribution is -1.87. The maximum Gasteiger partial charge on any atom is 0.0836 e. The molecule has 0 aromatic carbocycles. The highest BCUT2D eigenvalue weighted by molar-refractivity contribution is 4.52. The quantitative estimate of drug-likeness (QED) is 0.409. The van der Waals surface area contributed by atoms with Crippen molar-refractivity contribution in [1.82, 2.24) is 0 Å². The van der Waals surface area contributed by atoms with E-state index in [2.05, 4.69) is 6.92 Å². The van der Waals surface area contributed by atoms with Crippen molar-refractivity contribution in [2.75, 3.05) is 6.61 Å². The summed E-state index contributed by atoms with van der Waals surface area (Å²) in [6, 6.07) is 0. The summed E-state index contributed by atoms with van der Waals surface area (Å²) in [6.07, 6.45) is 13.7. The molecule has 0 atom stereocenters. The van der Waals surface area contributed by atoms with Crippen molar-refractivity contribution in [2.45, 2.75) is 78.1 Å². The Morgan fingerprint density at radius 3 is 1.80 bits per heavy atom. The Labute approximate surface area is 96.6 Å². The standard InChI is InChI=1S/C14H29O/c1-3-5-6-7-8-9-10-11-12-13-14-15-4-2/h14H,3-13H2,1-2H3. The largest absolute Gasteiger partial charge is 0.376 e. The Balaban J connectivity index is 2.81. The van der Waals surface area contributed by atoms with Gasteiger partial charge in [0.15, 0.2) is 0 Å². The summed E-state index contributed by atoms with van der Waals surface area (Å²) in [4.78, 5) is 0. The maximum absolute atomic E-state index is 5.18. The maximum atomic E-state index is 5.18. The SMILES string of the molecule is CCCCCCCCCCC[CH]OCC. The lowest BCUT2D eigenvalue weighted by atomic mass is 10.1. The van der Waals surface area contributed by atoms with Gasteiger partial charge < -0.3 is 4.74 Å². The molecule has 0 heterocycles. The Kier molecular flexibility index (Phi) is 13.9. The average molecular weight is 213 g/mol. The van der Waals surface area contributed by atoms with Gasteiger partial charge >= 0.3 is 0 Å². The number of rotatable bonds is 12. The molecule has 0 aromatic rings. The van der Waals surface area contributed by atoms with Gasteiger partial charge in [-0.1, -0.05) is 64.7 Å². The van der Waals surface area contributed by atoms with Crippen molar-refractivity contribution in [3.63, 3.8) is 0 Å². The van der Waals surface area contributed by atoms with Crippen molar-refractivity contribution in [1.29, 1.82) is 0 Å². The van der Waals surface area contributed by atoms with E-state index in [0.717, 1.165) is 13.0 Å². The third-order valence-corrected chi connectivity index (χ3v) is 2.71. The van der Waals surface area contributed by atoms with E-state index in [4.69, 9.17) is 4.74 Å². The lowest BCUT2D eigenvalue weighted by molar-refractivity contribution is 0.205. The van der Waals surface area contributed by atoms with Crippen LogP contribution in [0.15, 0.2) is 0 Å². The molecule has 1 nitrogen and oxygen atoms in total. The first-order valence-electron chi connectivity index (χ1n) is 6.85. The topological polar surface area (TPSA) is 9.23 Å². The van der Waals surface area contributed by atoms with Crippen molar-refractivity contribution in [2.24, 2.45) is 0 Å². The number of ether oxygens (including phenoxy) is 1. The van der Waals surface area contributed by atoms with Crippen LogP contribution in [0.3, 0.4) is 0 Å². The minimum atomic E-state index is 0.817. The Hall–Kier alpha value is -0.0400. The van der Waals surface area contributed by atoms with E-state index in [1.807, 2.05) is 13.5 Å². The van der Waals surface area contributed by atoms with E-state index in [0.29, 0.717) is 0 Å². The first kappa shape index (κ1) is 15.0. The zero-order chi connectivity index (χ0) is 11.2. The lowest BCUT2D eigenvalue weighted by Gasteiger charge is -2.02. The summed E-state index contributed by atoms with van der Waals surface area (Å²) in [5.41, 5.74) is 0. The van der Waals surface area contributed by atoms with Crippen LogP contribution in [0.5, 0.6) is 0 Å². The molecule has 0 fully saturated rings. The summed E-state index contributed by atoms with van der Waals surface area (Å²) >= 11 is 0. The van der Waals surface area contributed by atoms with Gasteiger partial charge in [0.05, 0.1) is 6.61 Å². The molecule has 0 rings (SSSR count). The highest BCUT2D eigenvalue weighted by Crippen LogP contribution is 2.10. The Morgan fingerprint density at radius 2 is 1.27 bits per heavy atom. The minimum Gasteiger partial charge on any atom is -0.376 e. The fraction of sp³-hybridized carbons (Fsp3) is 0.929. The summed E-state index contributed by atoms with van der Waals surface area (Å²) in [6.45, 7) is 7.08. The predicted molar refractivity (Wildman–Crippen MR) is 67.8 cm³/mol. The zero-order valence-electron chi connectivity index (χ0n) is 10.8. The highest BCUT2D eigenvalue weighted by atomic mass is 16.5. The molecule has 0 aliphatic heterocycles. The monoisotopic (exact) mass is 213 g/mol. The molecule has 1 radical (unpaired) electrons. The Bertz CT molecular complexity index is 89.5. The Morgan fingerprint density at radius 1 is 0.733 bits per heavy atom. The van der Waals surface area contributed by atoms with Gasteiger partial charge in [0.2, 0.25) is 0 Å². The fourth-order valence-corrected chi connectivity index (χ4v) is 1.74. The van der Waals surface area contributed by atoms with Crippen molar-refractivity contribution < 1.29 is 4.74 Å². The van der Waals surface area contributed by atoms with E-state index in [9.17, 15) is 0 Å². The molecule has 0 amide bonds. The second-order valence-electron chi connectivity index (χ2n) is 4.24. The summed E-state index contributed by atoms with van der Waals surface area (Å²) in [7, 11) is 0. The molecule has 0 unspecified atom stereocenters. The third-order valence-electron chi connectivity index (χ3n) is 2.71. The van der Waals surface area contributed by atoms with Gasteiger partial charge in [0.1, 0.15) is 0 Å². The minimum absolute atomic E-state index is 0.817. The van der Waals surface area contributed by atoms with Crippen molar-refractivity contribution in [3.8, 4) is 0 Å². The molecular weight excluding hydrogens is 184 g/mol. The molecule has 1 heteroatoms. The number of unbranched alkanes of at least 4 members (excludes halogenated alkanes) is 9. The smallest absolute Gasteiger partial charge is 0.0836 e. The second kappa shape index (κ2) is 14.0. The van der Waals surface area contributed by atoms with Crippen LogP contribution in [-0.2, 0) is 4.74 Å². The van der Waals surface area contributed by atoms with Crippen molar-refractivity contribution in [3.05, 3.63) is 6.61 Å².